The van der Waals surface area contributed by atoms with Gasteiger partial charge in [-0.1, -0.05) is 72.3 Å². The van der Waals surface area contributed by atoms with Crippen molar-refractivity contribution in [2.75, 3.05) is 5.01 Å². The number of fused-ring (bicyclic) bond motifs is 1. The van der Waals surface area contributed by atoms with Crippen LogP contribution >= 0.6 is 11.6 Å². The summed E-state index contributed by atoms with van der Waals surface area (Å²) < 4.78 is 5.78. The van der Waals surface area contributed by atoms with E-state index in [1.807, 2.05) is 83.9 Å². The highest BCUT2D eigenvalue weighted by molar-refractivity contribution is 6.30. The fourth-order valence-electron chi connectivity index (χ4n) is 4.20. The lowest BCUT2D eigenvalue weighted by molar-refractivity contribution is 0.463. The van der Waals surface area contributed by atoms with Crippen molar-refractivity contribution in [1.29, 1.82) is 0 Å². The normalized spacial score (nSPS) is 15.7. The summed E-state index contributed by atoms with van der Waals surface area (Å²) in [6, 6.07) is 29.7. The molecule has 5 aromatic rings. The van der Waals surface area contributed by atoms with Crippen LogP contribution < -0.4 is 5.01 Å². The zero-order valence-electron chi connectivity index (χ0n) is 17.6. The lowest BCUT2D eigenvalue weighted by Gasteiger charge is -2.21. The molecular weight excluding hydrogens is 432 g/mol. The summed E-state index contributed by atoms with van der Waals surface area (Å²) in [5.41, 5.74) is 4.72. The van der Waals surface area contributed by atoms with E-state index in [-0.39, 0.29) is 6.04 Å². The van der Waals surface area contributed by atoms with Crippen molar-refractivity contribution in [1.82, 2.24) is 9.97 Å². The van der Waals surface area contributed by atoms with Gasteiger partial charge in [-0.3, -0.25) is 0 Å². The molecule has 0 fully saturated rings. The van der Waals surface area contributed by atoms with E-state index in [9.17, 15) is 0 Å². The Balaban J connectivity index is 1.53. The molecule has 0 N–H and O–H groups in total. The van der Waals surface area contributed by atoms with Crippen LogP contribution in [0.4, 0.5) is 5.95 Å². The van der Waals surface area contributed by atoms with Crippen LogP contribution in [0.2, 0.25) is 5.02 Å². The SMILES string of the molecule is Clc1ccc(-c2nc(N3N=C(c4ccccc4)C[C@H]3c3ccco3)nc3ccccc23)cc1. The minimum atomic E-state index is -0.130. The Morgan fingerprint density at radius 3 is 2.36 bits per heavy atom. The number of rotatable bonds is 4. The van der Waals surface area contributed by atoms with Crippen LogP contribution in [0.25, 0.3) is 22.2 Å². The number of benzene rings is 3. The number of hydrogen-bond acceptors (Lipinski definition) is 5. The monoisotopic (exact) mass is 450 g/mol. The molecule has 1 aliphatic heterocycles. The molecule has 0 radical (unpaired) electrons. The zero-order chi connectivity index (χ0) is 22.2. The van der Waals surface area contributed by atoms with Crippen molar-refractivity contribution >= 4 is 34.2 Å². The van der Waals surface area contributed by atoms with Gasteiger partial charge < -0.3 is 4.42 Å². The second-order valence-corrected chi connectivity index (χ2v) is 8.33. The van der Waals surface area contributed by atoms with Gasteiger partial charge >= 0.3 is 0 Å². The van der Waals surface area contributed by atoms with Gasteiger partial charge in [0.15, 0.2) is 0 Å². The molecule has 6 rings (SSSR count). The first-order valence-corrected chi connectivity index (χ1v) is 11.1. The second-order valence-electron chi connectivity index (χ2n) is 7.89. The summed E-state index contributed by atoms with van der Waals surface area (Å²) in [5, 5.41) is 8.51. The number of halogens is 1. The standard InChI is InChI=1S/C27H19ClN4O/c28-20-14-12-19(13-15-20)26-21-9-4-5-10-22(21)29-27(30-26)32-24(25-11-6-16-33-25)17-23(31-32)18-7-2-1-3-8-18/h1-16,24H,17H2/t24-/m0/s1. The predicted molar refractivity (Wildman–Crippen MR) is 132 cm³/mol. The van der Waals surface area contributed by atoms with Gasteiger partial charge in [0.2, 0.25) is 5.95 Å². The number of para-hydroxylation sites is 1. The Bertz CT molecular complexity index is 1450. The van der Waals surface area contributed by atoms with Gasteiger partial charge in [0.1, 0.15) is 11.8 Å². The zero-order valence-corrected chi connectivity index (χ0v) is 18.4. The first-order valence-electron chi connectivity index (χ1n) is 10.7. The Morgan fingerprint density at radius 2 is 1.58 bits per heavy atom. The van der Waals surface area contributed by atoms with Crippen molar-refractivity contribution in [3.8, 4) is 11.3 Å². The molecule has 2 aromatic heterocycles. The van der Waals surface area contributed by atoms with E-state index >= 15 is 0 Å². The molecule has 0 aliphatic carbocycles. The highest BCUT2D eigenvalue weighted by atomic mass is 35.5. The Morgan fingerprint density at radius 1 is 0.788 bits per heavy atom. The summed E-state index contributed by atoms with van der Waals surface area (Å²) in [4.78, 5) is 9.88. The average Bonchev–Trinajstić information content (AvgIpc) is 3.55. The van der Waals surface area contributed by atoms with Gasteiger partial charge in [-0.2, -0.15) is 5.10 Å². The smallest absolute Gasteiger partial charge is 0.248 e. The molecule has 3 heterocycles. The molecule has 0 unspecified atom stereocenters. The maximum atomic E-state index is 6.13. The molecule has 0 amide bonds. The number of aromatic nitrogens is 2. The number of anilines is 1. The van der Waals surface area contributed by atoms with Crippen LogP contribution in [0.3, 0.4) is 0 Å². The molecule has 6 heteroatoms. The van der Waals surface area contributed by atoms with Gasteiger partial charge in [-0.05, 0) is 35.9 Å². The summed E-state index contributed by atoms with van der Waals surface area (Å²) in [6.07, 6.45) is 2.39. The molecule has 1 atom stereocenters. The maximum absolute atomic E-state index is 6.13. The van der Waals surface area contributed by atoms with Gasteiger partial charge in [-0.15, -0.1) is 0 Å². The highest BCUT2D eigenvalue weighted by Gasteiger charge is 2.34. The lowest BCUT2D eigenvalue weighted by Crippen LogP contribution is -2.20. The quantitative estimate of drug-likeness (QED) is 0.299. The van der Waals surface area contributed by atoms with Crippen LogP contribution in [-0.2, 0) is 0 Å². The molecule has 160 valence electrons. The van der Waals surface area contributed by atoms with E-state index in [0.29, 0.717) is 17.4 Å². The lowest BCUT2D eigenvalue weighted by atomic mass is 10.0. The molecule has 5 nitrogen and oxygen atoms in total. The third-order valence-corrected chi connectivity index (χ3v) is 6.05. The molecule has 33 heavy (non-hydrogen) atoms. The second kappa shape index (κ2) is 8.19. The summed E-state index contributed by atoms with van der Waals surface area (Å²) in [6.45, 7) is 0. The highest BCUT2D eigenvalue weighted by Crippen LogP contribution is 2.37. The van der Waals surface area contributed by atoms with Crippen molar-refractivity contribution in [3.05, 3.63) is 114 Å². The topological polar surface area (TPSA) is 54.5 Å². The van der Waals surface area contributed by atoms with Gasteiger partial charge in [0, 0.05) is 22.4 Å². The molecule has 0 saturated heterocycles. The van der Waals surface area contributed by atoms with E-state index in [2.05, 4.69) is 12.1 Å². The third kappa shape index (κ3) is 3.66. The number of nitrogens with zero attached hydrogens (tertiary/aromatic N) is 4. The molecule has 1 aliphatic rings. The minimum Gasteiger partial charge on any atom is -0.467 e. The van der Waals surface area contributed by atoms with E-state index in [1.54, 1.807) is 6.26 Å². The van der Waals surface area contributed by atoms with Gasteiger partial charge in [-0.25, -0.2) is 15.0 Å². The third-order valence-electron chi connectivity index (χ3n) is 5.80. The van der Waals surface area contributed by atoms with Crippen molar-refractivity contribution in [3.63, 3.8) is 0 Å². The Hall–Kier alpha value is -3.96. The van der Waals surface area contributed by atoms with Crippen LogP contribution in [0, 0.1) is 0 Å². The number of hydrogen-bond donors (Lipinski definition) is 0. The molecule has 0 bridgehead atoms. The summed E-state index contributed by atoms with van der Waals surface area (Å²) in [5.74, 6) is 1.36. The Labute approximate surface area is 196 Å². The predicted octanol–water partition coefficient (Wildman–Crippen LogP) is 6.90. The fourth-order valence-corrected chi connectivity index (χ4v) is 4.32. The Kier molecular flexibility index (Phi) is 4.89. The molecule has 3 aromatic carbocycles. The molecular formula is C27H19ClN4O. The van der Waals surface area contributed by atoms with E-state index < -0.39 is 0 Å². The molecule has 0 spiro atoms. The van der Waals surface area contributed by atoms with Crippen molar-refractivity contribution in [2.24, 2.45) is 5.10 Å². The van der Waals surface area contributed by atoms with E-state index in [4.69, 9.17) is 31.1 Å². The van der Waals surface area contributed by atoms with Crippen LogP contribution in [0.1, 0.15) is 23.8 Å². The van der Waals surface area contributed by atoms with Crippen LogP contribution in [0.5, 0.6) is 0 Å². The summed E-state index contributed by atoms with van der Waals surface area (Å²) in [7, 11) is 0. The summed E-state index contributed by atoms with van der Waals surface area (Å²) >= 11 is 6.13. The molecule has 0 saturated carbocycles. The maximum Gasteiger partial charge on any atom is 0.248 e. The first-order chi connectivity index (χ1) is 16.3. The van der Waals surface area contributed by atoms with Crippen LogP contribution in [-0.4, -0.2) is 15.7 Å². The minimum absolute atomic E-state index is 0.130. The first kappa shape index (κ1) is 19.7. The largest absolute Gasteiger partial charge is 0.467 e. The fraction of sp³-hybridized carbons (Fsp3) is 0.0741. The number of hydrazone groups is 1. The van der Waals surface area contributed by atoms with E-state index in [1.165, 1.54) is 0 Å². The van der Waals surface area contributed by atoms with Crippen LogP contribution in [0.15, 0.2) is 107 Å². The van der Waals surface area contributed by atoms with Crippen molar-refractivity contribution < 1.29 is 4.42 Å². The average molecular weight is 451 g/mol. The van der Waals surface area contributed by atoms with E-state index in [0.717, 1.165) is 39.2 Å². The number of furan rings is 1. The van der Waals surface area contributed by atoms with Gasteiger partial charge in [0.05, 0.1) is 23.2 Å². The van der Waals surface area contributed by atoms with Gasteiger partial charge in [0.25, 0.3) is 0 Å². The van der Waals surface area contributed by atoms with Crippen molar-refractivity contribution in [2.45, 2.75) is 12.5 Å².